The molecule has 0 aliphatic carbocycles. The summed E-state index contributed by atoms with van der Waals surface area (Å²) in [7, 11) is 0. The van der Waals surface area contributed by atoms with Gasteiger partial charge in [0.1, 0.15) is 5.82 Å². The van der Waals surface area contributed by atoms with Crippen LogP contribution in [0.15, 0.2) is 30.6 Å². The summed E-state index contributed by atoms with van der Waals surface area (Å²) in [6, 6.07) is 4.93. The van der Waals surface area contributed by atoms with Gasteiger partial charge in [0.2, 0.25) is 5.95 Å². The lowest BCUT2D eigenvalue weighted by atomic mass is 10.1. The molecule has 0 unspecified atom stereocenters. The van der Waals surface area contributed by atoms with Crippen LogP contribution in [-0.4, -0.2) is 41.4 Å². The standard InChI is InChI=1S/C16H18FN3O2/c17-15-12(11-21)3-1-4-14(15)13-9-18-16(19-10-13)20-5-2-7-22-8-6-20/h1,3-4,9-10,21H,2,5-8,11H2. The maximum atomic E-state index is 14.2. The van der Waals surface area contributed by atoms with Crippen molar-refractivity contribution in [3.63, 3.8) is 0 Å². The maximum absolute atomic E-state index is 14.2. The first kappa shape index (κ1) is 14.9. The largest absolute Gasteiger partial charge is 0.392 e. The van der Waals surface area contributed by atoms with Crippen LogP contribution in [0.2, 0.25) is 0 Å². The normalized spacial score (nSPS) is 15.6. The second-order valence-corrected chi connectivity index (χ2v) is 5.16. The van der Waals surface area contributed by atoms with Crippen LogP contribution in [0.1, 0.15) is 12.0 Å². The van der Waals surface area contributed by atoms with Crippen LogP contribution in [0.4, 0.5) is 10.3 Å². The average molecular weight is 303 g/mol. The fourth-order valence-electron chi connectivity index (χ4n) is 2.49. The van der Waals surface area contributed by atoms with Crippen LogP contribution < -0.4 is 4.90 Å². The molecule has 1 saturated heterocycles. The van der Waals surface area contributed by atoms with E-state index in [4.69, 9.17) is 9.84 Å². The molecule has 6 heteroatoms. The van der Waals surface area contributed by atoms with Crippen LogP contribution in [0, 0.1) is 5.82 Å². The maximum Gasteiger partial charge on any atom is 0.225 e. The summed E-state index contributed by atoms with van der Waals surface area (Å²) in [4.78, 5) is 10.8. The molecule has 1 aliphatic heterocycles. The third-order valence-corrected chi connectivity index (χ3v) is 3.70. The van der Waals surface area contributed by atoms with Crippen molar-refractivity contribution in [3.05, 3.63) is 42.0 Å². The minimum absolute atomic E-state index is 0.270. The van der Waals surface area contributed by atoms with Gasteiger partial charge in [0.25, 0.3) is 0 Å². The Morgan fingerprint density at radius 2 is 2.00 bits per heavy atom. The summed E-state index contributed by atoms with van der Waals surface area (Å²) in [6.07, 6.45) is 4.18. The molecule has 0 spiro atoms. The van der Waals surface area contributed by atoms with Gasteiger partial charge in [-0.3, -0.25) is 0 Å². The topological polar surface area (TPSA) is 58.5 Å². The summed E-state index contributed by atoms with van der Waals surface area (Å²) < 4.78 is 19.6. The van der Waals surface area contributed by atoms with Crippen LogP contribution in [0.3, 0.4) is 0 Å². The fraction of sp³-hybridized carbons (Fsp3) is 0.375. The number of ether oxygens (including phenoxy) is 1. The number of halogens is 1. The molecular weight excluding hydrogens is 285 g/mol. The quantitative estimate of drug-likeness (QED) is 0.940. The van der Waals surface area contributed by atoms with Gasteiger partial charge in [-0.05, 0) is 6.42 Å². The smallest absolute Gasteiger partial charge is 0.225 e. The fourth-order valence-corrected chi connectivity index (χ4v) is 2.49. The molecule has 2 heterocycles. The highest BCUT2D eigenvalue weighted by atomic mass is 19.1. The molecule has 0 saturated carbocycles. The molecule has 1 aromatic carbocycles. The number of aliphatic hydroxyl groups excluding tert-OH is 1. The molecular formula is C16H18FN3O2. The summed E-state index contributed by atoms with van der Waals surface area (Å²) >= 11 is 0. The van der Waals surface area contributed by atoms with Gasteiger partial charge in [0, 0.05) is 48.8 Å². The Morgan fingerprint density at radius 1 is 1.18 bits per heavy atom. The highest BCUT2D eigenvalue weighted by molar-refractivity contribution is 5.63. The van der Waals surface area contributed by atoms with Gasteiger partial charge in [-0.2, -0.15) is 0 Å². The zero-order valence-electron chi connectivity index (χ0n) is 12.2. The van der Waals surface area contributed by atoms with Gasteiger partial charge in [0.15, 0.2) is 0 Å². The average Bonchev–Trinajstić information content (AvgIpc) is 2.85. The minimum Gasteiger partial charge on any atom is -0.392 e. The van der Waals surface area contributed by atoms with Gasteiger partial charge >= 0.3 is 0 Å². The Balaban J connectivity index is 1.85. The van der Waals surface area contributed by atoms with E-state index >= 15 is 0 Å². The lowest BCUT2D eigenvalue weighted by Crippen LogP contribution is -2.27. The zero-order valence-corrected chi connectivity index (χ0v) is 12.2. The van der Waals surface area contributed by atoms with E-state index in [9.17, 15) is 4.39 Å². The van der Waals surface area contributed by atoms with Crippen molar-refractivity contribution in [2.75, 3.05) is 31.2 Å². The van der Waals surface area contributed by atoms with E-state index in [-0.39, 0.29) is 12.2 Å². The number of hydrogen-bond acceptors (Lipinski definition) is 5. The number of aromatic nitrogens is 2. The highest BCUT2D eigenvalue weighted by Crippen LogP contribution is 2.24. The number of anilines is 1. The van der Waals surface area contributed by atoms with Crippen LogP contribution in [-0.2, 0) is 11.3 Å². The third-order valence-electron chi connectivity index (χ3n) is 3.70. The van der Waals surface area contributed by atoms with E-state index in [1.807, 2.05) is 0 Å². The Kier molecular flexibility index (Phi) is 4.60. The molecule has 22 heavy (non-hydrogen) atoms. The third kappa shape index (κ3) is 3.08. The van der Waals surface area contributed by atoms with Crippen molar-refractivity contribution in [3.8, 4) is 11.1 Å². The Bertz CT molecular complexity index is 626. The predicted molar refractivity (Wildman–Crippen MR) is 81.0 cm³/mol. The Hall–Kier alpha value is -2.05. The van der Waals surface area contributed by atoms with Crippen molar-refractivity contribution < 1.29 is 14.2 Å². The molecule has 0 bridgehead atoms. The first-order chi connectivity index (χ1) is 10.8. The number of aliphatic hydroxyl groups is 1. The monoisotopic (exact) mass is 303 g/mol. The zero-order chi connectivity index (χ0) is 15.4. The number of benzene rings is 1. The molecule has 116 valence electrons. The minimum atomic E-state index is -0.426. The molecule has 1 N–H and O–H groups in total. The van der Waals surface area contributed by atoms with E-state index < -0.39 is 5.82 Å². The van der Waals surface area contributed by atoms with Gasteiger partial charge in [0.05, 0.1) is 13.2 Å². The second-order valence-electron chi connectivity index (χ2n) is 5.16. The number of rotatable bonds is 3. The highest BCUT2D eigenvalue weighted by Gasteiger charge is 2.14. The number of nitrogens with zero attached hydrogens (tertiary/aromatic N) is 3. The molecule has 2 aromatic rings. The molecule has 0 atom stereocenters. The van der Waals surface area contributed by atoms with E-state index in [1.165, 1.54) is 0 Å². The van der Waals surface area contributed by atoms with E-state index in [1.54, 1.807) is 30.6 Å². The van der Waals surface area contributed by atoms with Gasteiger partial charge < -0.3 is 14.7 Å². The SMILES string of the molecule is OCc1cccc(-c2cnc(N3CCCOCC3)nc2)c1F. The van der Waals surface area contributed by atoms with E-state index in [2.05, 4.69) is 14.9 Å². The first-order valence-corrected chi connectivity index (χ1v) is 7.33. The second kappa shape index (κ2) is 6.81. The predicted octanol–water partition coefficient (Wildman–Crippen LogP) is 2.00. The molecule has 5 nitrogen and oxygen atoms in total. The van der Waals surface area contributed by atoms with Crippen molar-refractivity contribution in [1.82, 2.24) is 9.97 Å². The van der Waals surface area contributed by atoms with E-state index in [0.717, 1.165) is 26.1 Å². The van der Waals surface area contributed by atoms with Gasteiger partial charge in [-0.15, -0.1) is 0 Å². The van der Waals surface area contributed by atoms with Crippen molar-refractivity contribution >= 4 is 5.95 Å². The lowest BCUT2D eigenvalue weighted by Gasteiger charge is -2.19. The van der Waals surface area contributed by atoms with Crippen molar-refractivity contribution in [1.29, 1.82) is 0 Å². The molecule has 0 amide bonds. The number of hydrogen-bond donors (Lipinski definition) is 1. The molecule has 3 rings (SSSR count). The Morgan fingerprint density at radius 3 is 2.77 bits per heavy atom. The van der Waals surface area contributed by atoms with Crippen molar-refractivity contribution in [2.24, 2.45) is 0 Å². The van der Waals surface area contributed by atoms with Crippen LogP contribution >= 0.6 is 0 Å². The molecule has 1 fully saturated rings. The summed E-state index contributed by atoms with van der Waals surface area (Å²) in [5, 5.41) is 9.14. The van der Waals surface area contributed by atoms with Crippen LogP contribution in [0.5, 0.6) is 0 Å². The lowest BCUT2D eigenvalue weighted by molar-refractivity contribution is 0.152. The Labute approximate surface area is 128 Å². The van der Waals surface area contributed by atoms with Crippen molar-refractivity contribution in [2.45, 2.75) is 13.0 Å². The summed E-state index contributed by atoms with van der Waals surface area (Å²) in [5.41, 5.74) is 1.27. The first-order valence-electron chi connectivity index (χ1n) is 7.33. The van der Waals surface area contributed by atoms with Gasteiger partial charge in [-0.25, -0.2) is 14.4 Å². The van der Waals surface area contributed by atoms with Crippen LogP contribution in [0.25, 0.3) is 11.1 Å². The molecule has 1 aromatic heterocycles. The van der Waals surface area contributed by atoms with Gasteiger partial charge in [-0.1, -0.05) is 18.2 Å². The molecule has 1 aliphatic rings. The van der Waals surface area contributed by atoms with E-state index in [0.29, 0.717) is 23.7 Å². The summed E-state index contributed by atoms with van der Waals surface area (Å²) in [6.45, 7) is 2.71. The molecule has 0 radical (unpaired) electrons. The summed E-state index contributed by atoms with van der Waals surface area (Å²) in [5.74, 6) is 0.206.